The molecule has 120 valence electrons. The van der Waals surface area contributed by atoms with Crippen molar-refractivity contribution in [1.29, 1.82) is 0 Å². The third-order valence-corrected chi connectivity index (χ3v) is 4.97. The van der Waals surface area contributed by atoms with Crippen LogP contribution in [0.1, 0.15) is 23.5 Å². The van der Waals surface area contributed by atoms with Crippen LogP contribution in [0.3, 0.4) is 0 Å². The van der Waals surface area contributed by atoms with Crippen LogP contribution in [0.5, 0.6) is 0 Å². The standard InChI is InChI=1S/C12H18N4OS2.2ClH/c1-12(2,6-13)15-9(17)7-5-8-10(18-7)14-11(19-8)16(3)4;;/h5H,6,13H2,1-4H3,(H,15,17);2*1H. The number of carbonyl (C=O) groups is 1. The van der Waals surface area contributed by atoms with Gasteiger partial charge in [0.2, 0.25) is 0 Å². The lowest BCUT2D eigenvalue weighted by Crippen LogP contribution is -2.48. The van der Waals surface area contributed by atoms with Crippen LogP contribution in [-0.2, 0) is 0 Å². The van der Waals surface area contributed by atoms with E-state index in [1.165, 1.54) is 11.3 Å². The van der Waals surface area contributed by atoms with Gasteiger partial charge in [-0.15, -0.1) is 36.2 Å². The number of nitrogens with two attached hydrogens (primary N) is 1. The van der Waals surface area contributed by atoms with Crippen molar-refractivity contribution in [2.24, 2.45) is 5.73 Å². The fraction of sp³-hybridized carbons (Fsp3) is 0.500. The Kier molecular flexibility index (Phi) is 7.38. The normalized spacial score (nSPS) is 10.7. The van der Waals surface area contributed by atoms with E-state index >= 15 is 0 Å². The molecule has 9 heteroatoms. The molecule has 0 fully saturated rings. The lowest BCUT2D eigenvalue weighted by molar-refractivity contribution is 0.0920. The van der Waals surface area contributed by atoms with Crippen molar-refractivity contribution in [1.82, 2.24) is 10.3 Å². The van der Waals surface area contributed by atoms with Crippen LogP contribution in [-0.4, -0.2) is 37.1 Å². The van der Waals surface area contributed by atoms with E-state index in [1.807, 2.05) is 38.9 Å². The van der Waals surface area contributed by atoms with Gasteiger partial charge in [0.1, 0.15) is 4.83 Å². The molecule has 5 nitrogen and oxygen atoms in total. The summed E-state index contributed by atoms with van der Waals surface area (Å²) in [5.74, 6) is -0.0861. The Balaban J connectivity index is 0.00000200. The number of hydrogen-bond acceptors (Lipinski definition) is 6. The van der Waals surface area contributed by atoms with E-state index in [0.29, 0.717) is 11.4 Å². The summed E-state index contributed by atoms with van der Waals surface area (Å²) in [7, 11) is 3.92. The largest absolute Gasteiger partial charge is 0.354 e. The highest BCUT2D eigenvalue weighted by Crippen LogP contribution is 2.33. The second kappa shape index (κ2) is 7.60. The molecular formula is C12H20Cl2N4OS2. The lowest BCUT2D eigenvalue weighted by atomic mass is 10.1. The summed E-state index contributed by atoms with van der Waals surface area (Å²) in [5.41, 5.74) is 5.22. The average molecular weight is 371 g/mol. The van der Waals surface area contributed by atoms with Gasteiger partial charge in [0, 0.05) is 26.2 Å². The number of rotatable bonds is 4. The summed E-state index contributed by atoms with van der Waals surface area (Å²) < 4.78 is 1.05. The zero-order valence-electron chi connectivity index (χ0n) is 12.3. The molecule has 2 aromatic heterocycles. The van der Waals surface area contributed by atoms with E-state index in [9.17, 15) is 4.79 Å². The van der Waals surface area contributed by atoms with Crippen molar-refractivity contribution in [3.8, 4) is 0 Å². The molecule has 0 radical (unpaired) electrons. The van der Waals surface area contributed by atoms with E-state index in [-0.39, 0.29) is 30.7 Å². The molecule has 0 bridgehead atoms. The number of hydrogen-bond donors (Lipinski definition) is 2. The number of anilines is 1. The summed E-state index contributed by atoms with van der Waals surface area (Å²) in [6, 6.07) is 1.90. The molecule has 0 spiro atoms. The number of amides is 1. The van der Waals surface area contributed by atoms with Crippen LogP contribution in [0, 0.1) is 0 Å². The number of aromatic nitrogens is 1. The van der Waals surface area contributed by atoms with Crippen molar-refractivity contribution >= 4 is 68.1 Å². The van der Waals surface area contributed by atoms with Gasteiger partial charge in [-0.2, -0.15) is 0 Å². The van der Waals surface area contributed by atoms with Gasteiger partial charge < -0.3 is 16.0 Å². The van der Waals surface area contributed by atoms with Crippen molar-refractivity contribution in [2.75, 3.05) is 25.5 Å². The lowest BCUT2D eigenvalue weighted by Gasteiger charge is -2.23. The third kappa shape index (κ3) is 4.69. The van der Waals surface area contributed by atoms with Crippen molar-refractivity contribution in [3.05, 3.63) is 10.9 Å². The van der Waals surface area contributed by atoms with Gasteiger partial charge in [0.15, 0.2) is 5.13 Å². The topological polar surface area (TPSA) is 71.2 Å². The maximum Gasteiger partial charge on any atom is 0.261 e. The summed E-state index contributed by atoms with van der Waals surface area (Å²) in [6.07, 6.45) is 0. The van der Waals surface area contributed by atoms with Crippen LogP contribution < -0.4 is 16.0 Å². The van der Waals surface area contributed by atoms with Gasteiger partial charge in [0.05, 0.1) is 9.58 Å². The molecule has 2 heterocycles. The van der Waals surface area contributed by atoms with E-state index in [1.54, 1.807) is 11.3 Å². The molecule has 0 unspecified atom stereocenters. The molecule has 1 amide bonds. The summed E-state index contributed by atoms with van der Waals surface area (Å²) in [4.78, 5) is 20.2. The van der Waals surface area contributed by atoms with Crippen molar-refractivity contribution in [3.63, 3.8) is 0 Å². The molecule has 0 aromatic carbocycles. The van der Waals surface area contributed by atoms with Gasteiger partial charge in [-0.25, -0.2) is 4.98 Å². The minimum Gasteiger partial charge on any atom is -0.354 e. The molecule has 0 aliphatic heterocycles. The highest BCUT2D eigenvalue weighted by molar-refractivity contribution is 7.29. The second-order valence-corrected chi connectivity index (χ2v) is 7.25. The van der Waals surface area contributed by atoms with Crippen LogP contribution in [0.4, 0.5) is 5.13 Å². The van der Waals surface area contributed by atoms with E-state index in [0.717, 1.165) is 14.7 Å². The molecule has 0 saturated heterocycles. The maximum atomic E-state index is 12.1. The number of nitrogens with zero attached hydrogens (tertiary/aromatic N) is 2. The molecular weight excluding hydrogens is 351 g/mol. The number of thiophene rings is 1. The minimum atomic E-state index is -0.392. The first-order valence-corrected chi connectivity index (χ1v) is 7.56. The summed E-state index contributed by atoms with van der Waals surface area (Å²) in [6.45, 7) is 4.22. The van der Waals surface area contributed by atoms with Gasteiger partial charge in [0.25, 0.3) is 5.91 Å². The second-order valence-electron chi connectivity index (χ2n) is 5.21. The number of thiazole rings is 1. The predicted molar refractivity (Wildman–Crippen MR) is 96.9 cm³/mol. The quantitative estimate of drug-likeness (QED) is 0.867. The number of carbonyl (C=O) groups excluding carboxylic acids is 1. The van der Waals surface area contributed by atoms with Crippen LogP contribution in [0.2, 0.25) is 0 Å². The van der Waals surface area contributed by atoms with E-state index in [4.69, 9.17) is 5.73 Å². The molecule has 0 atom stereocenters. The molecule has 0 aliphatic carbocycles. The Morgan fingerprint density at radius 2 is 2.00 bits per heavy atom. The van der Waals surface area contributed by atoms with Gasteiger partial charge in [-0.05, 0) is 19.9 Å². The van der Waals surface area contributed by atoms with E-state index in [2.05, 4.69) is 10.3 Å². The predicted octanol–water partition coefficient (Wildman–Crippen LogP) is 2.73. The summed E-state index contributed by atoms with van der Waals surface area (Å²) in [5, 5.41) is 3.88. The fourth-order valence-electron chi connectivity index (χ4n) is 1.45. The smallest absolute Gasteiger partial charge is 0.261 e. The fourth-order valence-corrected chi connectivity index (χ4v) is 3.48. The Morgan fingerprint density at radius 3 is 2.48 bits per heavy atom. The van der Waals surface area contributed by atoms with Crippen molar-refractivity contribution in [2.45, 2.75) is 19.4 Å². The molecule has 21 heavy (non-hydrogen) atoms. The first kappa shape index (κ1) is 20.4. The highest BCUT2D eigenvalue weighted by atomic mass is 35.5. The third-order valence-electron chi connectivity index (χ3n) is 2.65. The Morgan fingerprint density at radius 1 is 1.38 bits per heavy atom. The van der Waals surface area contributed by atoms with Crippen molar-refractivity contribution < 1.29 is 4.79 Å². The van der Waals surface area contributed by atoms with Gasteiger partial charge >= 0.3 is 0 Å². The molecule has 3 N–H and O–H groups in total. The monoisotopic (exact) mass is 370 g/mol. The molecule has 0 saturated carbocycles. The van der Waals surface area contributed by atoms with E-state index < -0.39 is 5.54 Å². The van der Waals surface area contributed by atoms with Gasteiger partial charge in [-0.1, -0.05) is 11.3 Å². The van der Waals surface area contributed by atoms with Crippen LogP contribution >= 0.6 is 47.5 Å². The molecule has 2 aromatic rings. The Bertz CT molecular complexity index is 578. The Labute approximate surface area is 144 Å². The first-order chi connectivity index (χ1) is 8.82. The van der Waals surface area contributed by atoms with Crippen LogP contribution in [0.25, 0.3) is 9.53 Å². The average Bonchev–Trinajstić information content (AvgIpc) is 2.85. The zero-order valence-corrected chi connectivity index (χ0v) is 15.6. The number of halogens is 2. The zero-order chi connectivity index (χ0) is 14.2. The number of fused-ring (bicyclic) bond motifs is 1. The highest BCUT2D eigenvalue weighted by Gasteiger charge is 2.21. The summed E-state index contributed by atoms with van der Waals surface area (Å²) >= 11 is 3.00. The maximum absolute atomic E-state index is 12.1. The molecule has 0 aliphatic rings. The minimum absolute atomic E-state index is 0. The van der Waals surface area contributed by atoms with Crippen LogP contribution in [0.15, 0.2) is 6.07 Å². The Hall–Kier alpha value is -0.600. The SMILES string of the molecule is CN(C)c1nc2sc(C(=O)NC(C)(C)CN)cc2s1.Cl.Cl. The number of nitrogens with one attached hydrogen (secondary N) is 1. The van der Waals surface area contributed by atoms with Gasteiger partial charge in [-0.3, -0.25) is 4.79 Å². The molecule has 2 rings (SSSR count). The first-order valence-electron chi connectivity index (χ1n) is 5.93.